The Labute approximate surface area is 198 Å². The fraction of sp³-hybridized carbons (Fsp3) is 0.280. The van der Waals surface area contributed by atoms with Crippen LogP contribution in [0.4, 0.5) is 13.2 Å². The zero-order valence-electron chi connectivity index (χ0n) is 18.9. The average molecular weight is 490 g/mol. The number of carbonyl (C=O) groups is 1. The molecule has 0 saturated carbocycles. The Morgan fingerprint density at radius 2 is 1.68 bits per heavy atom. The normalized spacial score (nSPS) is 14.1. The third kappa shape index (κ3) is 5.05. The van der Waals surface area contributed by atoms with Crippen LogP contribution < -0.4 is 4.74 Å². The number of alkyl halides is 3. The molecule has 5 nitrogen and oxygen atoms in total. The molecule has 0 spiro atoms. The topological polar surface area (TPSA) is 76.0 Å². The lowest BCUT2D eigenvalue weighted by molar-refractivity contribution is -0.143. The first-order valence-corrected chi connectivity index (χ1v) is 11.1. The van der Waals surface area contributed by atoms with E-state index < -0.39 is 29.4 Å². The minimum Gasteiger partial charge on any atom is -0.485 e. The lowest BCUT2D eigenvalue weighted by atomic mass is 9.94. The van der Waals surface area contributed by atoms with Crippen LogP contribution in [0.25, 0.3) is 11.1 Å². The van der Waals surface area contributed by atoms with Crippen molar-refractivity contribution < 1.29 is 32.6 Å². The lowest BCUT2D eigenvalue weighted by Gasteiger charge is -2.18. The molecule has 0 aliphatic carbocycles. The van der Waals surface area contributed by atoms with Crippen LogP contribution in [0, 0.1) is 13.8 Å². The van der Waals surface area contributed by atoms with E-state index in [4.69, 9.17) is 4.74 Å². The standard InChI is InChI=1S/C25H22F3NO4S/c1-14-9-20(10-15(2)22(14)17-5-7-18(8-6-17)25(26,27)28)33-16(3)21-11-19(12-34-21)24(4,23(31)32)29-13-30/h5-12,16H,1-4H3,(H,31,32)/t16-,24+/m1/s1. The monoisotopic (exact) mass is 489 g/mol. The SMILES string of the molecule is Cc1cc(O[C@H](C)c2cc([C@](C)(N=C=O)C(=O)O)cs2)cc(C)c1-c1ccc(C(F)(F)F)cc1. The number of carboxylic acids is 1. The van der Waals surface area contributed by atoms with Gasteiger partial charge in [0.25, 0.3) is 0 Å². The molecule has 9 heteroatoms. The molecule has 0 aliphatic rings. The van der Waals surface area contributed by atoms with Crippen molar-refractivity contribution >= 4 is 23.4 Å². The Morgan fingerprint density at radius 3 is 2.18 bits per heavy atom. The molecular weight excluding hydrogens is 467 g/mol. The number of aliphatic imine (C=N–C) groups is 1. The lowest BCUT2D eigenvalue weighted by Crippen LogP contribution is -2.29. The van der Waals surface area contributed by atoms with Crippen LogP contribution in [0.3, 0.4) is 0 Å². The molecule has 2 aromatic carbocycles. The number of hydrogen-bond donors (Lipinski definition) is 1. The number of nitrogens with zero attached hydrogens (tertiary/aromatic N) is 1. The summed E-state index contributed by atoms with van der Waals surface area (Å²) in [7, 11) is 0. The first kappa shape index (κ1) is 25.2. The van der Waals surface area contributed by atoms with Gasteiger partial charge in [0.1, 0.15) is 11.9 Å². The third-order valence-corrected chi connectivity index (χ3v) is 6.68. The van der Waals surface area contributed by atoms with Gasteiger partial charge in [0.05, 0.1) is 5.56 Å². The van der Waals surface area contributed by atoms with Gasteiger partial charge in [0.2, 0.25) is 6.08 Å². The fourth-order valence-electron chi connectivity index (χ4n) is 3.68. The Bertz CT molecular complexity index is 1230. The summed E-state index contributed by atoms with van der Waals surface area (Å²) in [4.78, 5) is 26.5. The van der Waals surface area contributed by atoms with Gasteiger partial charge in [-0.3, -0.25) is 0 Å². The van der Waals surface area contributed by atoms with E-state index in [1.165, 1.54) is 36.5 Å². The van der Waals surface area contributed by atoms with Crippen LogP contribution in [-0.4, -0.2) is 17.2 Å². The third-order valence-electron chi connectivity index (χ3n) is 5.59. The van der Waals surface area contributed by atoms with Crippen molar-refractivity contribution in [1.82, 2.24) is 0 Å². The molecule has 34 heavy (non-hydrogen) atoms. The average Bonchev–Trinajstić information content (AvgIpc) is 3.24. The maximum atomic E-state index is 12.9. The smallest absolute Gasteiger partial charge is 0.416 e. The first-order chi connectivity index (χ1) is 15.9. The molecule has 0 unspecified atom stereocenters. The second-order valence-corrected chi connectivity index (χ2v) is 9.03. The van der Waals surface area contributed by atoms with Gasteiger partial charge in [-0.2, -0.15) is 18.2 Å². The number of hydrogen-bond acceptors (Lipinski definition) is 5. The Morgan fingerprint density at radius 1 is 1.09 bits per heavy atom. The number of carbonyl (C=O) groups excluding carboxylic acids is 1. The predicted molar refractivity (Wildman–Crippen MR) is 123 cm³/mol. The molecule has 1 N–H and O–H groups in total. The number of carboxylic acid groups (broad SMARTS) is 1. The largest absolute Gasteiger partial charge is 0.485 e. The number of aryl methyl sites for hydroxylation is 2. The van der Waals surface area contributed by atoms with Crippen molar-refractivity contribution in [2.75, 3.05) is 0 Å². The van der Waals surface area contributed by atoms with Gasteiger partial charge in [0, 0.05) is 10.4 Å². The highest BCUT2D eigenvalue weighted by Gasteiger charge is 2.36. The van der Waals surface area contributed by atoms with E-state index in [2.05, 4.69) is 4.99 Å². The van der Waals surface area contributed by atoms with E-state index in [9.17, 15) is 27.9 Å². The van der Waals surface area contributed by atoms with Crippen LogP contribution in [0.1, 0.15) is 47.1 Å². The van der Waals surface area contributed by atoms with Gasteiger partial charge in [-0.15, -0.1) is 11.3 Å². The molecule has 0 radical (unpaired) electrons. The van der Waals surface area contributed by atoms with E-state index in [0.29, 0.717) is 16.9 Å². The highest BCUT2D eigenvalue weighted by molar-refractivity contribution is 7.10. The number of isocyanates is 1. The van der Waals surface area contributed by atoms with Crippen molar-refractivity contribution in [3.8, 4) is 16.9 Å². The van der Waals surface area contributed by atoms with Crippen molar-refractivity contribution in [3.05, 3.63) is 75.0 Å². The highest BCUT2D eigenvalue weighted by atomic mass is 32.1. The molecule has 2 atom stereocenters. The molecule has 0 fully saturated rings. The summed E-state index contributed by atoms with van der Waals surface area (Å²) in [5.41, 5.74) is 1.11. The zero-order valence-corrected chi connectivity index (χ0v) is 19.7. The first-order valence-electron chi connectivity index (χ1n) is 10.2. The number of rotatable bonds is 7. The summed E-state index contributed by atoms with van der Waals surface area (Å²) < 4.78 is 44.7. The second-order valence-electron chi connectivity index (χ2n) is 8.09. The summed E-state index contributed by atoms with van der Waals surface area (Å²) in [6, 6.07) is 10.3. The van der Waals surface area contributed by atoms with Crippen molar-refractivity contribution in [2.24, 2.45) is 4.99 Å². The number of halogens is 3. The Balaban J connectivity index is 1.84. The van der Waals surface area contributed by atoms with E-state index >= 15 is 0 Å². The summed E-state index contributed by atoms with van der Waals surface area (Å²) >= 11 is 1.29. The molecule has 0 aliphatic heterocycles. The molecule has 0 bridgehead atoms. The molecule has 0 saturated heterocycles. The number of thiophene rings is 1. The maximum absolute atomic E-state index is 12.9. The van der Waals surface area contributed by atoms with E-state index in [-0.39, 0.29) is 0 Å². The van der Waals surface area contributed by atoms with Crippen LogP contribution >= 0.6 is 11.3 Å². The minimum absolute atomic E-state index is 0.351. The highest BCUT2D eigenvalue weighted by Crippen LogP contribution is 2.37. The van der Waals surface area contributed by atoms with Gasteiger partial charge in [0.15, 0.2) is 5.54 Å². The van der Waals surface area contributed by atoms with Gasteiger partial charge < -0.3 is 9.84 Å². The summed E-state index contributed by atoms with van der Waals surface area (Å²) in [5.74, 6) is -0.695. The maximum Gasteiger partial charge on any atom is 0.416 e. The van der Waals surface area contributed by atoms with Crippen molar-refractivity contribution in [2.45, 2.75) is 45.5 Å². The van der Waals surface area contributed by atoms with E-state index in [0.717, 1.165) is 33.7 Å². The van der Waals surface area contributed by atoms with Crippen LogP contribution in [0.2, 0.25) is 0 Å². The molecule has 178 valence electrons. The van der Waals surface area contributed by atoms with E-state index in [1.54, 1.807) is 11.4 Å². The molecule has 3 aromatic rings. The molecule has 1 heterocycles. The van der Waals surface area contributed by atoms with Crippen molar-refractivity contribution in [1.29, 1.82) is 0 Å². The molecular formula is C25H22F3NO4S. The van der Waals surface area contributed by atoms with Gasteiger partial charge >= 0.3 is 12.1 Å². The van der Waals surface area contributed by atoms with Crippen molar-refractivity contribution in [3.63, 3.8) is 0 Å². The van der Waals surface area contributed by atoms with Gasteiger partial charge in [-0.1, -0.05) is 12.1 Å². The molecule has 1 aromatic heterocycles. The minimum atomic E-state index is -4.39. The number of ether oxygens (including phenoxy) is 1. The summed E-state index contributed by atoms with van der Waals surface area (Å²) in [6.07, 6.45) is -3.49. The fourth-order valence-corrected chi connectivity index (χ4v) is 4.68. The number of aliphatic carboxylic acids is 1. The Kier molecular flexibility index (Phi) is 7.00. The van der Waals surface area contributed by atoms with Crippen LogP contribution in [0.15, 0.2) is 52.8 Å². The zero-order chi connectivity index (χ0) is 25.3. The quantitative estimate of drug-likeness (QED) is 0.292. The summed E-state index contributed by atoms with van der Waals surface area (Å²) in [6.45, 7) is 6.85. The number of benzene rings is 2. The second kappa shape index (κ2) is 9.44. The molecule has 3 rings (SSSR count). The van der Waals surface area contributed by atoms with E-state index in [1.807, 2.05) is 32.9 Å². The summed E-state index contributed by atoms with van der Waals surface area (Å²) in [5, 5.41) is 11.1. The van der Waals surface area contributed by atoms with Crippen LogP contribution in [-0.2, 0) is 21.3 Å². The van der Waals surface area contributed by atoms with Gasteiger partial charge in [-0.25, -0.2) is 9.59 Å². The Hall–Kier alpha value is -3.42. The predicted octanol–water partition coefficient (Wildman–Crippen LogP) is 6.83. The molecule has 0 amide bonds. The van der Waals surface area contributed by atoms with Crippen LogP contribution in [0.5, 0.6) is 5.75 Å². The van der Waals surface area contributed by atoms with Gasteiger partial charge in [-0.05, 0) is 85.7 Å².